The van der Waals surface area contributed by atoms with E-state index >= 15 is 0 Å². The van der Waals surface area contributed by atoms with Gasteiger partial charge in [0, 0.05) is 15.6 Å². The second-order valence-corrected chi connectivity index (χ2v) is 3.44. The quantitative estimate of drug-likeness (QED) is 0.799. The maximum absolute atomic E-state index is 11.0. The fourth-order valence-corrected chi connectivity index (χ4v) is 1.36. The van der Waals surface area contributed by atoms with Crippen LogP contribution in [0.25, 0.3) is 0 Å². The van der Waals surface area contributed by atoms with E-state index in [4.69, 9.17) is 23.2 Å². The molecule has 1 unspecified atom stereocenters. The van der Waals surface area contributed by atoms with Crippen LogP contribution in [0, 0.1) is 0 Å². The molecule has 1 rings (SSSR count). The number of aliphatic hydroxyl groups excluding tert-OH is 1. The van der Waals surface area contributed by atoms with Gasteiger partial charge in [0.15, 0.2) is 6.10 Å². The summed E-state index contributed by atoms with van der Waals surface area (Å²) in [7, 11) is 1.18. The molecular formula is C9H8Cl2O3. The van der Waals surface area contributed by atoms with Crippen molar-refractivity contribution in [3.63, 3.8) is 0 Å². The van der Waals surface area contributed by atoms with Crippen LogP contribution >= 0.6 is 23.2 Å². The van der Waals surface area contributed by atoms with Gasteiger partial charge in [0.25, 0.3) is 0 Å². The van der Waals surface area contributed by atoms with E-state index in [9.17, 15) is 9.90 Å². The number of hydrogen-bond donors (Lipinski definition) is 1. The van der Waals surface area contributed by atoms with Crippen LogP contribution in [-0.4, -0.2) is 18.2 Å². The second kappa shape index (κ2) is 4.64. The second-order valence-electron chi connectivity index (χ2n) is 2.59. The summed E-state index contributed by atoms with van der Waals surface area (Å²) in [4.78, 5) is 11.0. The Hall–Kier alpha value is -0.770. The summed E-state index contributed by atoms with van der Waals surface area (Å²) in [5.74, 6) is -0.769. The molecule has 0 aliphatic rings. The molecule has 0 amide bonds. The van der Waals surface area contributed by atoms with Crippen LogP contribution in [0.2, 0.25) is 10.0 Å². The van der Waals surface area contributed by atoms with Gasteiger partial charge in [-0.1, -0.05) is 23.2 Å². The summed E-state index contributed by atoms with van der Waals surface area (Å²) in [5.41, 5.74) is 0.242. The Morgan fingerprint density at radius 1 is 1.50 bits per heavy atom. The summed E-state index contributed by atoms with van der Waals surface area (Å²) < 4.78 is 4.37. The minimum atomic E-state index is -1.40. The zero-order valence-corrected chi connectivity index (χ0v) is 8.84. The molecule has 3 nitrogen and oxygen atoms in total. The first-order valence-corrected chi connectivity index (χ1v) is 4.52. The Labute approximate surface area is 91.2 Å². The number of carbonyl (C=O) groups excluding carboxylic acids is 1. The van der Waals surface area contributed by atoms with Crippen molar-refractivity contribution in [2.45, 2.75) is 6.10 Å². The van der Waals surface area contributed by atoms with Crippen LogP contribution < -0.4 is 0 Å². The zero-order chi connectivity index (χ0) is 10.7. The highest BCUT2D eigenvalue weighted by Crippen LogP contribution is 2.26. The summed E-state index contributed by atoms with van der Waals surface area (Å²) in [6, 6.07) is 4.49. The molecule has 1 N–H and O–H groups in total. The topological polar surface area (TPSA) is 46.5 Å². The van der Waals surface area contributed by atoms with Gasteiger partial charge in [-0.05, 0) is 18.2 Å². The minimum absolute atomic E-state index is 0.242. The van der Waals surface area contributed by atoms with Crippen molar-refractivity contribution in [2.24, 2.45) is 0 Å². The molecule has 0 saturated carbocycles. The molecule has 0 saturated heterocycles. The number of methoxy groups -OCH3 is 1. The van der Waals surface area contributed by atoms with Crippen molar-refractivity contribution >= 4 is 29.2 Å². The summed E-state index contributed by atoms with van der Waals surface area (Å²) in [6.45, 7) is 0. The summed E-state index contributed by atoms with van der Waals surface area (Å²) in [6.07, 6.45) is -1.40. The van der Waals surface area contributed by atoms with Crippen LogP contribution in [-0.2, 0) is 9.53 Å². The van der Waals surface area contributed by atoms with Crippen LogP contribution in [0.15, 0.2) is 18.2 Å². The van der Waals surface area contributed by atoms with E-state index in [0.717, 1.165) is 0 Å². The molecule has 0 bridgehead atoms. The number of rotatable bonds is 2. The molecule has 0 fully saturated rings. The predicted molar refractivity (Wildman–Crippen MR) is 53.4 cm³/mol. The van der Waals surface area contributed by atoms with E-state index < -0.39 is 12.1 Å². The minimum Gasteiger partial charge on any atom is -0.467 e. The maximum atomic E-state index is 11.0. The monoisotopic (exact) mass is 234 g/mol. The number of esters is 1. The average Bonchev–Trinajstić information content (AvgIpc) is 2.19. The zero-order valence-electron chi connectivity index (χ0n) is 7.33. The van der Waals surface area contributed by atoms with Crippen molar-refractivity contribution in [1.29, 1.82) is 0 Å². The first-order chi connectivity index (χ1) is 6.56. The van der Waals surface area contributed by atoms with Gasteiger partial charge in [-0.25, -0.2) is 4.79 Å². The van der Waals surface area contributed by atoms with Gasteiger partial charge in [-0.3, -0.25) is 0 Å². The predicted octanol–water partition coefficient (Wildman–Crippen LogP) is 2.20. The number of aliphatic hydroxyl groups is 1. The van der Waals surface area contributed by atoms with Gasteiger partial charge in [-0.15, -0.1) is 0 Å². The van der Waals surface area contributed by atoms with Crippen molar-refractivity contribution in [2.75, 3.05) is 7.11 Å². The molecule has 0 spiro atoms. The van der Waals surface area contributed by atoms with Crippen molar-refractivity contribution in [3.05, 3.63) is 33.8 Å². The Morgan fingerprint density at radius 2 is 2.14 bits per heavy atom. The maximum Gasteiger partial charge on any atom is 0.339 e. The van der Waals surface area contributed by atoms with Gasteiger partial charge in [0.1, 0.15) is 0 Å². The Balaban J connectivity index is 3.05. The van der Waals surface area contributed by atoms with E-state index in [1.165, 1.54) is 19.2 Å². The van der Waals surface area contributed by atoms with E-state index in [1.54, 1.807) is 6.07 Å². The molecule has 5 heteroatoms. The van der Waals surface area contributed by atoms with Crippen molar-refractivity contribution < 1.29 is 14.6 Å². The first-order valence-electron chi connectivity index (χ1n) is 3.77. The molecular weight excluding hydrogens is 227 g/mol. The van der Waals surface area contributed by atoms with Gasteiger partial charge >= 0.3 is 5.97 Å². The lowest BCUT2D eigenvalue weighted by Gasteiger charge is -2.10. The number of hydrogen-bond acceptors (Lipinski definition) is 3. The lowest BCUT2D eigenvalue weighted by molar-refractivity contribution is -0.150. The van der Waals surface area contributed by atoms with Gasteiger partial charge in [-0.2, -0.15) is 0 Å². The lowest BCUT2D eigenvalue weighted by Crippen LogP contribution is -2.13. The molecule has 76 valence electrons. The summed E-state index contributed by atoms with van der Waals surface area (Å²) >= 11 is 11.5. The van der Waals surface area contributed by atoms with Crippen molar-refractivity contribution in [1.82, 2.24) is 0 Å². The molecule has 1 aromatic rings. The lowest BCUT2D eigenvalue weighted by atomic mass is 10.1. The van der Waals surface area contributed by atoms with E-state index in [1.807, 2.05) is 0 Å². The van der Waals surface area contributed by atoms with E-state index in [-0.39, 0.29) is 10.6 Å². The number of benzene rings is 1. The Morgan fingerprint density at radius 3 is 2.71 bits per heavy atom. The van der Waals surface area contributed by atoms with Gasteiger partial charge in [0.05, 0.1) is 7.11 Å². The van der Waals surface area contributed by atoms with Gasteiger partial charge < -0.3 is 9.84 Å². The van der Waals surface area contributed by atoms with Crippen molar-refractivity contribution in [3.8, 4) is 0 Å². The molecule has 0 heterocycles. The highest BCUT2D eigenvalue weighted by molar-refractivity contribution is 6.33. The number of halogens is 2. The molecule has 0 aromatic heterocycles. The number of ether oxygens (including phenoxy) is 1. The SMILES string of the molecule is COC(=O)C(O)c1cc(Cl)ccc1Cl. The highest BCUT2D eigenvalue weighted by Gasteiger charge is 2.20. The number of carbonyl (C=O) groups is 1. The fraction of sp³-hybridized carbons (Fsp3) is 0.222. The Bertz CT molecular complexity index is 352. The first kappa shape index (κ1) is 11.3. The normalized spacial score (nSPS) is 12.3. The van der Waals surface area contributed by atoms with E-state index in [0.29, 0.717) is 5.02 Å². The molecule has 14 heavy (non-hydrogen) atoms. The third-order valence-electron chi connectivity index (χ3n) is 1.68. The van der Waals surface area contributed by atoms with Crippen LogP contribution in [0.1, 0.15) is 11.7 Å². The third-order valence-corrected chi connectivity index (χ3v) is 2.26. The molecule has 1 atom stereocenters. The molecule has 1 aromatic carbocycles. The summed E-state index contributed by atoms with van der Waals surface area (Å²) in [5, 5.41) is 10.1. The molecule has 0 aliphatic heterocycles. The van der Waals surface area contributed by atoms with Crippen LogP contribution in [0.4, 0.5) is 0 Å². The standard InChI is InChI=1S/C9H8Cl2O3/c1-14-9(13)8(12)6-4-5(10)2-3-7(6)11/h2-4,8,12H,1H3. The third kappa shape index (κ3) is 2.38. The van der Waals surface area contributed by atoms with Gasteiger partial charge in [0.2, 0.25) is 0 Å². The smallest absolute Gasteiger partial charge is 0.339 e. The largest absolute Gasteiger partial charge is 0.467 e. The van der Waals surface area contributed by atoms with Crippen LogP contribution in [0.5, 0.6) is 0 Å². The fourth-order valence-electron chi connectivity index (χ4n) is 0.963. The average molecular weight is 235 g/mol. The van der Waals surface area contributed by atoms with Crippen LogP contribution in [0.3, 0.4) is 0 Å². The molecule has 0 aliphatic carbocycles. The Kier molecular flexibility index (Phi) is 3.75. The van der Waals surface area contributed by atoms with E-state index in [2.05, 4.69) is 4.74 Å². The molecule has 0 radical (unpaired) electrons. The highest BCUT2D eigenvalue weighted by atomic mass is 35.5.